The van der Waals surface area contributed by atoms with E-state index in [2.05, 4.69) is 5.32 Å². The summed E-state index contributed by atoms with van der Waals surface area (Å²) in [4.78, 5) is 24.4. The van der Waals surface area contributed by atoms with E-state index in [0.29, 0.717) is 22.7 Å². The Morgan fingerprint density at radius 2 is 2.00 bits per heavy atom. The Hall–Kier alpha value is -3.12. The number of carbonyl (C=O) groups is 2. The van der Waals surface area contributed by atoms with Crippen LogP contribution in [0.25, 0.3) is 6.08 Å². The van der Waals surface area contributed by atoms with Crippen molar-refractivity contribution in [3.8, 4) is 11.5 Å². The molecule has 0 aromatic heterocycles. The quantitative estimate of drug-likeness (QED) is 0.836. The molecule has 2 aromatic rings. The number of amides is 1. The van der Waals surface area contributed by atoms with Crippen molar-refractivity contribution in [1.82, 2.24) is 0 Å². The molecule has 2 aromatic carbocycles. The third kappa shape index (κ3) is 2.66. The Kier molecular flexibility index (Phi) is 3.54. The van der Waals surface area contributed by atoms with E-state index < -0.39 is 11.5 Å². The van der Waals surface area contributed by atoms with Crippen molar-refractivity contribution in [2.45, 2.75) is 12.0 Å². The Labute approximate surface area is 143 Å². The van der Waals surface area contributed by atoms with Gasteiger partial charge in [-0.15, -0.1) is 0 Å². The van der Waals surface area contributed by atoms with Gasteiger partial charge in [0.1, 0.15) is 0 Å². The fraction of sp³-hybridized carbons (Fsp3) is 0.158. The number of rotatable bonds is 4. The van der Waals surface area contributed by atoms with Crippen LogP contribution >= 0.6 is 0 Å². The van der Waals surface area contributed by atoms with Gasteiger partial charge in [0.2, 0.25) is 6.79 Å². The van der Waals surface area contributed by atoms with Crippen molar-refractivity contribution in [3.63, 3.8) is 0 Å². The van der Waals surface area contributed by atoms with Crippen LogP contribution in [0.15, 0.2) is 48.5 Å². The minimum Gasteiger partial charge on any atom is -0.454 e. The molecule has 0 unspecified atom stereocenters. The van der Waals surface area contributed by atoms with Gasteiger partial charge in [0.15, 0.2) is 22.9 Å². The monoisotopic (exact) mass is 337 g/mol. The van der Waals surface area contributed by atoms with Crippen LogP contribution in [0.4, 0.5) is 5.69 Å². The highest BCUT2D eigenvalue weighted by Gasteiger charge is 2.46. The maximum atomic E-state index is 12.3. The highest BCUT2D eigenvalue weighted by atomic mass is 16.7. The van der Waals surface area contributed by atoms with Gasteiger partial charge >= 0.3 is 0 Å². The molecular formula is C19H15NO5. The summed E-state index contributed by atoms with van der Waals surface area (Å²) in [5, 5.41) is 13.3. The van der Waals surface area contributed by atoms with E-state index in [1.54, 1.807) is 48.5 Å². The molecule has 25 heavy (non-hydrogen) atoms. The lowest BCUT2D eigenvalue weighted by atomic mass is 9.90. The number of ketones is 1. The molecule has 126 valence electrons. The fourth-order valence-electron chi connectivity index (χ4n) is 2.99. The fourth-order valence-corrected chi connectivity index (χ4v) is 2.99. The third-order valence-electron chi connectivity index (χ3n) is 4.28. The molecule has 2 aliphatic rings. The summed E-state index contributed by atoms with van der Waals surface area (Å²) >= 11 is 0. The molecule has 2 aliphatic heterocycles. The standard InChI is InChI=1S/C19H15NO5/c21-13(7-5-12-6-8-16-17(9-12)25-11-24-16)10-19(23)14-3-1-2-4-15(14)20-18(19)22/h1-9,23H,10-11H2,(H,20,22)/b7-5-/t19-/m1/s1. The molecule has 6 heteroatoms. The molecular weight excluding hydrogens is 322 g/mol. The van der Waals surface area contributed by atoms with E-state index in [1.807, 2.05) is 0 Å². The minimum atomic E-state index is -1.84. The van der Waals surface area contributed by atoms with Gasteiger partial charge in [-0.2, -0.15) is 0 Å². The van der Waals surface area contributed by atoms with Gasteiger partial charge in [0.05, 0.1) is 6.42 Å². The Balaban J connectivity index is 1.51. The summed E-state index contributed by atoms with van der Waals surface area (Å²) in [7, 11) is 0. The molecule has 4 rings (SSSR count). The number of para-hydroxylation sites is 1. The highest BCUT2D eigenvalue weighted by molar-refractivity contribution is 6.08. The number of allylic oxidation sites excluding steroid dienone is 1. The van der Waals surface area contributed by atoms with Crippen LogP contribution < -0.4 is 14.8 Å². The van der Waals surface area contributed by atoms with E-state index >= 15 is 0 Å². The van der Waals surface area contributed by atoms with Crippen molar-refractivity contribution in [1.29, 1.82) is 0 Å². The number of nitrogens with one attached hydrogen (secondary N) is 1. The Bertz CT molecular complexity index is 904. The van der Waals surface area contributed by atoms with Crippen LogP contribution in [0.5, 0.6) is 11.5 Å². The van der Waals surface area contributed by atoms with Crippen LogP contribution in [-0.4, -0.2) is 23.6 Å². The molecule has 0 aliphatic carbocycles. The number of benzene rings is 2. The minimum absolute atomic E-state index is 0.184. The zero-order valence-electron chi connectivity index (χ0n) is 13.2. The van der Waals surface area contributed by atoms with Crippen molar-refractivity contribution < 1.29 is 24.2 Å². The van der Waals surface area contributed by atoms with Crippen molar-refractivity contribution in [3.05, 3.63) is 59.7 Å². The van der Waals surface area contributed by atoms with Crippen molar-refractivity contribution >= 4 is 23.5 Å². The van der Waals surface area contributed by atoms with Gasteiger partial charge < -0.3 is 19.9 Å². The molecule has 0 spiro atoms. The van der Waals surface area contributed by atoms with Crippen LogP contribution in [0.1, 0.15) is 17.5 Å². The van der Waals surface area contributed by atoms with E-state index in [0.717, 1.165) is 5.56 Å². The normalized spacial score (nSPS) is 20.6. The van der Waals surface area contributed by atoms with Crippen molar-refractivity contribution in [2.75, 3.05) is 12.1 Å². The van der Waals surface area contributed by atoms with E-state index in [4.69, 9.17) is 9.47 Å². The van der Waals surface area contributed by atoms with E-state index in [1.165, 1.54) is 6.08 Å². The molecule has 0 bridgehead atoms. The molecule has 0 saturated carbocycles. The molecule has 0 fully saturated rings. The average molecular weight is 337 g/mol. The smallest absolute Gasteiger partial charge is 0.261 e. The first-order valence-electron chi connectivity index (χ1n) is 7.80. The molecule has 6 nitrogen and oxygen atoms in total. The van der Waals surface area contributed by atoms with Crippen molar-refractivity contribution in [2.24, 2.45) is 0 Å². The number of aliphatic hydroxyl groups is 1. The highest BCUT2D eigenvalue weighted by Crippen LogP contribution is 2.38. The van der Waals surface area contributed by atoms with Crippen LogP contribution in [0.3, 0.4) is 0 Å². The summed E-state index contributed by atoms with van der Waals surface area (Å²) in [5.74, 6) is 0.347. The number of fused-ring (bicyclic) bond motifs is 2. The maximum Gasteiger partial charge on any atom is 0.261 e. The predicted molar refractivity (Wildman–Crippen MR) is 90.2 cm³/mol. The van der Waals surface area contributed by atoms with Gasteiger partial charge in [-0.25, -0.2) is 0 Å². The number of ether oxygens (including phenoxy) is 2. The van der Waals surface area contributed by atoms with Crippen LogP contribution in [0, 0.1) is 0 Å². The van der Waals surface area contributed by atoms with Gasteiger partial charge in [-0.05, 0) is 29.8 Å². The first-order valence-corrected chi connectivity index (χ1v) is 7.80. The number of anilines is 1. The summed E-state index contributed by atoms with van der Waals surface area (Å²) in [6.45, 7) is 0.184. The number of hydrogen-bond donors (Lipinski definition) is 2. The second kappa shape index (κ2) is 5.75. The predicted octanol–water partition coefficient (Wildman–Crippen LogP) is 2.23. The second-order valence-electron chi connectivity index (χ2n) is 5.95. The third-order valence-corrected chi connectivity index (χ3v) is 4.28. The van der Waals surface area contributed by atoms with Crippen LogP contribution in [-0.2, 0) is 15.2 Å². The van der Waals surface area contributed by atoms with E-state index in [9.17, 15) is 14.7 Å². The second-order valence-corrected chi connectivity index (χ2v) is 5.95. The van der Waals surface area contributed by atoms with Gasteiger partial charge in [0, 0.05) is 11.3 Å². The van der Waals surface area contributed by atoms with Crippen LogP contribution in [0.2, 0.25) is 0 Å². The summed E-state index contributed by atoms with van der Waals surface area (Å²) < 4.78 is 10.5. The Morgan fingerprint density at radius 1 is 1.20 bits per heavy atom. The molecule has 1 amide bonds. The topological polar surface area (TPSA) is 84.9 Å². The lowest BCUT2D eigenvalue weighted by Gasteiger charge is -2.18. The largest absolute Gasteiger partial charge is 0.454 e. The SMILES string of the molecule is O=C(/C=C\c1ccc2c(c1)OCO2)C[C@]1(O)C(=O)Nc2ccccc21. The molecule has 0 saturated heterocycles. The van der Waals surface area contributed by atoms with Gasteiger partial charge in [0.25, 0.3) is 5.91 Å². The Morgan fingerprint density at radius 3 is 2.88 bits per heavy atom. The summed E-state index contributed by atoms with van der Waals surface area (Å²) in [6, 6.07) is 12.1. The molecule has 0 radical (unpaired) electrons. The summed E-state index contributed by atoms with van der Waals surface area (Å²) in [5.41, 5.74) is -0.124. The van der Waals surface area contributed by atoms with E-state index in [-0.39, 0.29) is 19.0 Å². The van der Waals surface area contributed by atoms with Gasteiger partial charge in [-0.1, -0.05) is 30.3 Å². The molecule has 2 heterocycles. The van der Waals surface area contributed by atoms with Gasteiger partial charge in [-0.3, -0.25) is 9.59 Å². The zero-order valence-corrected chi connectivity index (χ0v) is 13.2. The summed E-state index contributed by atoms with van der Waals surface area (Å²) in [6.07, 6.45) is 2.65. The zero-order chi connectivity index (χ0) is 17.4. The average Bonchev–Trinajstić information content (AvgIpc) is 3.16. The molecule has 2 N–H and O–H groups in total. The first-order chi connectivity index (χ1) is 12.1. The number of hydrogen-bond acceptors (Lipinski definition) is 5. The molecule has 1 atom stereocenters. The lowest BCUT2D eigenvalue weighted by molar-refractivity contribution is -0.138. The maximum absolute atomic E-state index is 12.3. The lowest BCUT2D eigenvalue weighted by Crippen LogP contribution is -2.36. The number of carbonyl (C=O) groups excluding carboxylic acids is 2. The first kappa shape index (κ1) is 15.4.